The smallest absolute Gasteiger partial charge is 0.137 e. The van der Waals surface area contributed by atoms with E-state index in [-0.39, 0.29) is 5.37 Å². The van der Waals surface area contributed by atoms with Gasteiger partial charge in [-0.05, 0) is 24.3 Å². The van der Waals surface area contributed by atoms with E-state index in [2.05, 4.69) is 15.5 Å². The normalized spacial score (nSPS) is 18.3. The van der Waals surface area contributed by atoms with Crippen LogP contribution in [0.2, 0.25) is 5.02 Å². The molecular weight excluding hydrogens is 266 g/mol. The Bertz CT molecular complexity index is 569. The van der Waals surface area contributed by atoms with E-state index in [9.17, 15) is 0 Å². The molecule has 0 spiro atoms. The van der Waals surface area contributed by atoms with Gasteiger partial charge >= 0.3 is 0 Å². The molecule has 1 aromatic heterocycles. The second-order valence-electron chi connectivity index (χ2n) is 3.81. The van der Waals surface area contributed by atoms with Crippen LogP contribution < -0.4 is 5.43 Å². The molecule has 0 aliphatic carbocycles. The van der Waals surface area contributed by atoms with Crippen molar-refractivity contribution in [3.8, 4) is 0 Å². The van der Waals surface area contributed by atoms with Crippen molar-refractivity contribution in [2.45, 2.75) is 5.37 Å². The Kier molecular flexibility index (Phi) is 3.21. The quantitative estimate of drug-likeness (QED) is 0.912. The zero-order valence-corrected chi connectivity index (χ0v) is 10.9. The third-order valence-corrected chi connectivity index (χ3v) is 3.95. The summed E-state index contributed by atoms with van der Waals surface area (Å²) >= 11 is 7.53. The zero-order chi connectivity index (χ0) is 12.4. The van der Waals surface area contributed by atoms with E-state index >= 15 is 0 Å². The van der Waals surface area contributed by atoms with Crippen LogP contribution in [0.3, 0.4) is 0 Å². The van der Waals surface area contributed by atoms with Crippen LogP contribution in [0.25, 0.3) is 0 Å². The first kappa shape index (κ1) is 11.6. The van der Waals surface area contributed by atoms with E-state index in [0.717, 1.165) is 21.3 Å². The topological polar surface area (TPSA) is 37.3 Å². The lowest BCUT2D eigenvalue weighted by Gasteiger charge is -2.07. The van der Waals surface area contributed by atoms with E-state index in [1.807, 2.05) is 42.5 Å². The van der Waals surface area contributed by atoms with Crippen LogP contribution in [0.5, 0.6) is 0 Å². The van der Waals surface area contributed by atoms with Gasteiger partial charge in [0, 0.05) is 16.8 Å². The van der Waals surface area contributed by atoms with Gasteiger partial charge in [-0.25, -0.2) is 0 Å². The van der Waals surface area contributed by atoms with Crippen LogP contribution in [0.1, 0.15) is 16.6 Å². The second-order valence-corrected chi connectivity index (χ2v) is 5.34. The minimum absolute atomic E-state index is 0.0804. The summed E-state index contributed by atoms with van der Waals surface area (Å²) in [6.45, 7) is 0. The minimum Gasteiger partial charge on any atom is -0.289 e. The van der Waals surface area contributed by atoms with Gasteiger partial charge < -0.3 is 0 Å². The number of thioether (sulfide) groups is 1. The summed E-state index contributed by atoms with van der Waals surface area (Å²) in [5.41, 5.74) is 5.14. The number of nitrogens with zero attached hydrogens (tertiary/aromatic N) is 2. The number of benzene rings is 1. The maximum absolute atomic E-state index is 5.87. The average molecular weight is 276 g/mol. The van der Waals surface area contributed by atoms with Crippen LogP contribution in [-0.4, -0.2) is 10.0 Å². The molecule has 0 saturated heterocycles. The number of aromatic nitrogens is 1. The number of nitrogens with one attached hydrogen (secondary N) is 1. The van der Waals surface area contributed by atoms with E-state index in [0.29, 0.717) is 0 Å². The van der Waals surface area contributed by atoms with Crippen molar-refractivity contribution >= 4 is 28.4 Å². The maximum Gasteiger partial charge on any atom is 0.137 e. The molecule has 1 aromatic carbocycles. The molecule has 0 fully saturated rings. The van der Waals surface area contributed by atoms with Crippen LogP contribution in [-0.2, 0) is 0 Å². The summed E-state index contributed by atoms with van der Waals surface area (Å²) in [5.74, 6) is 0. The molecule has 18 heavy (non-hydrogen) atoms. The van der Waals surface area contributed by atoms with E-state index in [1.165, 1.54) is 0 Å². The molecule has 0 bridgehead atoms. The lowest BCUT2D eigenvalue weighted by Crippen LogP contribution is -2.07. The highest BCUT2D eigenvalue weighted by molar-refractivity contribution is 8.14. The summed E-state index contributed by atoms with van der Waals surface area (Å²) in [6.07, 6.45) is 1.79. The highest BCUT2D eigenvalue weighted by atomic mass is 35.5. The Labute approximate surface area is 114 Å². The summed E-state index contributed by atoms with van der Waals surface area (Å²) in [7, 11) is 0. The molecule has 3 nitrogen and oxygen atoms in total. The molecule has 1 atom stereocenters. The van der Waals surface area contributed by atoms with Gasteiger partial charge in [0.15, 0.2) is 0 Å². The summed E-state index contributed by atoms with van der Waals surface area (Å²) < 4.78 is 0. The van der Waals surface area contributed by atoms with Gasteiger partial charge in [0.05, 0.1) is 5.69 Å². The molecule has 2 heterocycles. The molecule has 90 valence electrons. The summed E-state index contributed by atoms with van der Waals surface area (Å²) in [4.78, 5) is 4.33. The minimum atomic E-state index is 0.0804. The van der Waals surface area contributed by atoms with Gasteiger partial charge in [0.1, 0.15) is 10.4 Å². The zero-order valence-electron chi connectivity index (χ0n) is 9.38. The van der Waals surface area contributed by atoms with Gasteiger partial charge in [-0.1, -0.05) is 41.6 Å². The summed E-state index contributed by atoms with van der Waals surface area (Å²) in [6, 6.07) is 13.6. The predicted molar refractivity (Wildman–Crippen MR) is 75.7 cm³/mol. The average Bonchev–Trinajstić information content (AvgIpc) is 2.90. The number of pyridine rings is 1. The second kappa shape index (κ2) is 5.00. The van der Waals surface area contributed by atoms with E-state index in [1.54, 1.807) is 18.0 Å². The Morgan fingerprint density at radius 1 is 1.11 bits per heavy atom. The number of rotatable bonds is 2. The number of halogens is 1. The van der Waals surface area contributed by atoms with Crippen LogP contribution in [0, 0.1) is 0 Å². The van der Waals surface area contributed by atoms with Crippen molar-refractivity contribution in [1.29, 1.82) is 0 Å². The third kappa shape index (κ3) is 2.35. The fourth-order valence-corrected chi connectivity index (χ4v) is 2.76. The van der Waals surface area contributed by atoms with E-state index in [4.69, 9.17) is 11.6 Å². The van der Waals surface area contributed by atoms with Crippen LogP contribution in [0.15, 0.2) is 53.8 Å². The standard InChI is InChI=1S/C13H10ClN3S/c14-10-6-4-9(5-7-10)12-16-17-13(18-12)11-3-1-2-8-15-11/h1-8,13,17H. The van der Waals surface area contributed by atoms with Crippen molar-refractivity contribution in [3.05, 3.63) is 64.9 Å². The molecule has 1 aliphatic rings. The lowest BCUT2D eigenvalue weighted by atomic mass is 10.2. The van der Waals surface area contributed by atoms with Gasteiger partial charge in [-0.2, -0.15) is 5.10 Å². The number of hydrogen-bond donors (Lipinski definition) is 1. The van der Waals surface area contributed by atoms with Crippen LogP contribution >= 0.6 is 23.4 Å². The summed E-state index contributed by atoms with van der Waals surface area (Å²) in [5, 5.41) is 6.11. The van der Waals surface area contributed by atoms with Gasteiger partial charge in [0.2, 0.25) is 0 Å². The molecule has 0 amide bonds. The van der Waals surface area contributed by atoms with Gasteiger partial charge in [-0.15, -0.1) is 0 Å². The predicted octanol–water partition coefficient (Wildman–Crippen LogP) is 3.43. The molecule has 3 rings (SSSR count). The lowest BCUT2D eigenvalue weighted by molar-refractivity contribution is 0.724. The third-order valence-electron chi connectivity index (χ3n) is 2.56. The van der Waals surface area contributed by atoms with Crippen molar-refractivity contribution in [1.82, 2.24) is 10.4 Å². The van der Waals surface area contributed by atoms with Gasteiger partial charge in [-0.3, -0.25) is 10.4 Å². The largest absolute Gasteiger partial charge is 0.289 e. The highest BCUT2D eigenvalue weighted by Gasteiger charge is 2.22. The molecule has 1 N–H and O–H groups in total. The Morgan fingerprint density at radius 3 is 2.67 bits per heavy atom. The highest BCUT2D eigenvalue weighted by Crippen LogP contribution is 2.33. The molecule has 1 unspecified atom stereocenters. The first-order valence-corrected chi connectivity index (χ1v) is 6.75. The molecule has 2 aromatic rings. The van der Waals surface area contributed by atoms with Crippen molar-refractivity contribution < 1.29 is 0 Å². The number of hydrazone groups is 1. The van der Waals surface area contributed by atoms with Crippen molar-refractivity contribution in [3.63, 3.8) is 0 Å². The molecule has 0 saturated carbocycles. The van der Waals surface area contributed by atoms with Crippen LogP contribution in [0.4, 0.5) is 0 Å². The Hall–Kier alpha value is -1.52. The Balaban J connectivity index is 1.77. The maximum atomic E-state index is 5.87. The number of hydrogen-bond acceptors (Lipinski definition) is 4. The molecule has 0 radical (unpaired) electrons. The van der Waals surface area contributed by atoms with E-state index < -0.39 is 0 Å². The molecule has 5 heteroatoms. The van der Waals surface area contributed by atoms with Crippen molar-refractivity contribution in [2.75, 3.05) is 0 Å². The fraction of sp³-hybridized carbons (Fsp3) is 0.0769. The van der Waals surface area contributed by atoms with Gasteiger partial charge in [0.25, 0.3) is 0 Å². The first-order chi connectivity index (χ1) is 8.83. The first-order valence-electron chi connectivity index (χ1n) is 5.50. The molecular formula is C13H10ClN3S. The monoisotopic (exact) mass is 275 g/mol. The Morgan fingerprint density at radius 2 is 1.94 bits per heavy atom. The molecule has 1 aliphatic heterocycles. The van der Waals surface area contributed by atoms with Crippen molar-refractivity contribution in [2.24, 2.45) is 5.10 Å². The SMILES string of the molecule is Clc1ccc(C2=NNC(c3ccccn3)S2)cc1. The fourth-order valence-electron chi connectivity index (χ4n) is 1.66.